The largest absolute Gasteiger partial charge is 0.481 e. The first kappa shape index (κ1) is 16.7. The quantitative estimate of drug-likeness (QED) is 0.770. The number of aromatic nitrogens is 2. The van der Waals surface area contributed by atoms with Crippen molar-refractivity contribution in [2.75, 3.05) is 0 Å². The van der Waals surface area contributed by atoms with Gasteiger partial charge < -0.3 is 10.1 Å². The normalized spacial score (nSPS) is 11.7. The fourth-order valence-electron chi connectivity index (χ4n) is 2.58. The lowest BCUT2D eigenvalue weighted by atomic mass is 9.91. The molecule has 0 spiro atoms. The van der Waals surface area contributed by atoms with Gasteiger partial charge in [-0.05, 0) is 23.8 Å². The summed E-state index contributed by atoms with van der Waals surface area (Å²) in [4.78, 5) is 30.4. The van der Waals surface area contributed by atoms with Gasteiger partial charge in [0.05, 0.1) is 5.92 Å². The average molecular weight is 331 g/mol. The van der Waals surface area contributed by atoms with Crippen LogP contribution < -0.4 is 5.56 Å². The van der Waals surface area contributed by atoms with Crippen LogP contribution in [0.15, 0.2) is 59.5 Å². The molecule has 5 nitrogen and oxygen atoms in total. The first-order chi connectivity index (χ1) is 10.6. The van der Waals surface area contributed by atoms with Crippen LogP contribution in [0.1, 0.15) is 17.2 Å². The van der Waals surface area contributed by atoms with Crippen LogP contribution in [0, 0.1) is 0 Å². The molecule has 3 rings (SSSR count). The molecule has 0 aliphatic heterocycles. The van der Waals surface area contributed by atoms with Gasteiger partial charge in [0.1, 0.15) is 0 Å². The fraction of sp³-hybridized carbons (Fsp3) is 0.118. The molecule has 0 aliphatic carbocycles. The third kappa shape index (κ3) is 3.57. The highest BCUT2D eigenvalue weighted by Crippen LogP contribution is 2.26. The second-order valence-electron chi connectivity index (χ2n) is 5.05. The molecule has 118 valence electrons. The van der Waals surface area contributed by atoms with Crippen molar-refractivity contribution in [1.29, 1.82) is 0 Å². The molecule has 2 aromatic heterocycles. The number of pyridine rings is 2. The van der Waals surface area contributed by atoms with Crippen molar-refractivity contribution in [1.82, 2.24) is 9.97 Å². The molecule has 0 fully saturated rings. The molecule has 3 aromatic rings. The van der Waals surface area contributed by atoms with Crippen LogP contribution in [0.3, 0.4) is 0 Å². The third-order valence-corrected chi connectivity index (χ3v) is 3.60. The first-order valence-corrected chi connectivity index (χ1v) is 6.90. The van der Waals surface area contributed by atoms with E-state index in [2.05, 4.69) is 9.97 Å². The van der Waals surface area contributed by atoms with Crippen LogP contribution in [-0.2, 0) is 11.2 Å². The summed E-state index contributed by atoms with van der Waals surface area (Å²) in [6, 6.07) is 13.9. The lowest BCUT2D eigenvalue weighted by molar-refractivity contribution is -0.138. The van der Waals surface area contributed by atoms with Crippen LogP contribution in [0.4, 0.5) is 0 Å². The smallest absolute Gasteiger partial charge is 0.311 e. The maximum Gasteiger partial charge on any atom is 0.311 e. The van der Waals surface area contributed by atoms with Gasteiger partial charge in [0.2, 0.25) is 5.56 Å². The zero-order chi connectivity index (χ0) is 15.5. The Labute approximate surface area is 138 Å². The summed E-state index contributed by atoms with van der Waals surface area (Å²) in [7, 11) is 0. The number of rotatable bonds is 4. The number of hydrogen-bond acceptors (Lipinski definition) is 3. The van der Waals surface area contributed by atoms with Gasteiger partial charge in [0.15, 0.2) is 0 Å². The molecule has 0 radical (unpaired) electrons. The molecule has 6 heteroatoms. The number of halogens is 1. The van der Waals surface area contributed by atoms with Gasteiger partial charge in [0.25, 0.3) is 0 Å². The monoisotopic (exact) mass is 330 g/mol. The Morgan fingerprint density at radius 1 is 1.17 bits per heavy atom. The van der Waals surface area contributed by atoms with Gasteiger partial charge >= 0.3 is 5.97 Å². The lowest BCUT2D eigenvalue weighted by Gasteiger charge is -2.14. The van der Waals surface area contributed by atoms with Gasteiger partial charge in [-0.15, -0.1) is 12.4 Å². The van der Waals surface area contributed by atoms with E-state index in [0.717, 1.165) is 5.39 Å². The highest BCUT2D eigenvalue weighted by atomic mass is 35.5. The van der Waals surface area contributed by atoms with Crippen molar-refractivity contribution >= 4 is 29.3 Å². The van der Waals surface area contributed by atoms with Crippen LogP contribution >= 0.6 is 12.4 Å². The SMILES string of the molecule is Cl.O=C(O)C(Cc1ccccn1)c1cc(=O)[nH]c2ccccc12. The maximum atomic E-state index is 11.8. The van der Waals surface area contributed by atoms with E-state index in [1.54, 1.807) is 30.5 Å². The van der Waals surface area contributed by atoms with Crippen LogP contribution in [-0.4, -0.2) is 21.0 Å². The highest BCUT2D eigenvalue weighted by Gasteiger charge is 2.23. The molecular formula is C17H15ClN2O3. The number of benzene rings is 1. The number of carbonyl (C=O) groups is 1. The van der Waals surface area contributed by atoms with Crippen molar-refractivity contribution in [3.63, 3.8) is 0 Å². The van der Waals surface area contributed by atoms with Gasteiger partial charge in [-0.2, -0.15) is 0 Å². The predicted octanol–water partition coefficient (Wildman–Crippen LogP) is 2.76. The van der Waals surface area contributed by atoms with E-state index in [4.69, 9.17) is 0 Å². The zero-order valence-electron chi connectivity index (χ0n) is 12.1. The van der Waals surface area contributed by atoms with Crippen LogP contribution in [0.5, 0.6) is 0 Å². The first-order valence-electron chi connectivity index (χ1n) is 6.90. The van der Waals surface area contributed by atoms with Crippen molar-refractivity contribution in [2.24, 2.45) is 0 Å². The van der Waals surface area contributed by atoms with Crippen molar-refractivity contribution < 1.29 is 9.90 Å². The average Bonchev–Trinajstić information content (AvgIpc) is 2.52. The number of carboxylic acids is 1. The van der Waals surface area contributed by atoms with Crippen molar-refractivity contribution in [3.05, 3.63) is 76.3 Å². The van der Waals surface area contributed by atoms with Crippen molar-refractivity contribution in [3.8, 4) is 0 Å². The molecule has 1 aromatic carbocycles. The number of para-hydroxylation sites is 1. The molecule has 0 aliphatic rings. The molecule has 2 heterocycles. The van der Waals surface area contributed by atoms with Crippen LogP contribution in [0.25, 0.3) is 10.9 Å². The summed E-state index contributed by atoms with van der Waals surface area (Å²) in [6.45, 7) is 0. The summed E-state index contributed by atoms with van der Waals surface area (Å²) in [5, 5.41) is 10.3. The van der Waals surface area contributed by atoms with Gasteiger partial charge in [0, 0.05) is 35.3 Å². The number of fused-ring (bicyclic) bond motifs is 1. The number of aliphatic carboxylic acids is 1. The van der Waals surface area contributed by atoms with E-state index in [0.29, 0.717) is 16.8 Å². The Morgan fingerprint density at radius 2 is 1.91 bits per heavy atom. The van der Waals surface area contributed by atoms with E-state index in [1.165, 1.54) is 6.07 Å². The molecule has 0 bridgehead atoms. The summed E-state index contributed by atoms with van der Waals surface area (Å²) >= 11 is 0. The number of nitrogens with one attached hydrogen (secondary N) is 1. The summed E-state index contributed by atoms with van der Waals surface area (Å²) in [5.41, 5.74) is 1.52. The molecule has 1 unspecified atom stereocenters. The van der Waals surface area contributed by atoms with E-state index < -0.39 is 11.9 Å². The molecular weight excluding hydrogens is 316 g/mol. The second-order valence-corrected chi connectivity index (χ2v) is 5.05. The minimum Gasteiger partial charge on any atom is -0.481 e. The molecule has 0 amide bonds. The number of carboxylic acid groups (broad SMARTS) is 1. The van der Waals surface area contributed by atoms with Crippen LogP contribution in [0.2, 0.25) is 0 Å². The molecule has 23 heavy (non-hydrogen) atoms. The topological polar surface area (TPSA) is 83.0 Å². The van der Waals surface area contributed by atoms with Gasteiger partial charge in [-0.3, -0.25) is 14.6 Å². The Morgan fingerprint density at radius 3 is 2.61 bits per heavy atom. The maximum absolute atomic E-state index is 11.8. The summed E-state index contributed by atoms with van der Waals surface area (Å²) in [5.74, 6) is -1.79. The number of H-pyrrole nitrogens is 1. The number of nitrogens with zero attached hydrogens (tertiary/aromatic N) is 1. The lowest BCUT2D eigenvalue weighted by Crippen LogP contribution is -2.18. The zero-order valence-corrected chi connectivity index (χ0v) is 12.9. The van der Waals surface area contributed by atoms with Gasteiger partial charge in [-0.1, -0.05) is 24.3 Å². The highest BCUT2D eigenvalue weighted by molar-refractivity contribution is 5.88. The number of aromatic amines is 1. The van der Waals surface area contributed by atoms with E-state index in [9.17, 15) is 14.7 Å². The Kier molecular flexibility index (Phi) is 5.13. The minimum absolute atomic E-state index is 0. The Balaban J connectivity index is 0.00000192. The fourth-order valence-corrected chi connectivity index (χ4v) is 2.58. The molecule has 1 atom stereocenters. The Hall–Kier alpha value is -2.66. The number of hydrogen-bond donors (Lipinski definition) is 2. The molecule has 0 saturated carbocycles. The summed E-state index contributed by atoms with van der Waals surface area (Å²) < 4.78 is 0. The second kappa shape index (κ2) is 7.07. The molecule has 0 saturated heterocycles. The Bertz CT molecular complexity index is 878. The van der Waals surface area contributed by atoms with E-state index >= 15 is 0 Å². The summed E-state index contributed by atoms with van der Waals surface area (Å²) in [6.07, 6.45) is 1.87. The van der Waals surface area contributed by atoms with E-state index in [1.807, 2.05) is 18.2 Å². The molecule has 2 N–H and O–H groups in total. The van der Waals surface area contributed by atoms with Gasteiger partial charge in [-0.25, -0.2) is 0 Å². The predicted molar refractivity (Wildman–Crippen MR) is 90.1 cm³/mol. The third-order valence-electron chi connectivity index (χ3n) is 3.60. The standard InChI is InChI=1S/C17H14N2O3.ClH/c20-16-10-13(12-6-1-2-7-15(12)19-16)14(17(21)22)9-11-5-3-4-8-18-11;/h1-8,10,14H,9H2,(H,19,20)(H,21,22);1H. The van der Waals surface area contributed by atoms with E-state index in [-0.39, 0.29) is 24.4 Å². The minimum atomic E-state index is -0.971. The van der Waals surface area contributed by atoms with Crippen molar-refractivity contribution in [2.45, 2.75) is 12.3 Å².